The fourth-order valence-corrected chi connectivity index (χ4v) is 11.7. The highest BCUT2D eigenvalue weighted by molar-refractivity contribution is 6.94. The first-order valence-corrected chi connectivity index (χ1v) is 24.1. The molecule has 12 rings (SSSR count). The van der Waals surface area contributed by atoms with Crippen LogP contribution in [0.15, 0.2) is 156 Å². The number of rotatable bonds is 3. The van der Waals surface area contributed by atoms with Crippen LogP contribution >= 0.6 is 0 Å². The summed E-state index contributed by atoms with van der Waals surface area (Å²) in [6.45, 7) is 23.6. The third-order valence-electron chi connectivity index (χ3n) is 15.6. The zero-order valence-corrected chi connectivity index (χ0v) is 40.2. The van der Waals surface area contributed by atoms with Crippen LogP contribution in [0.2, 0.25) is 0 Å². The summed E-state index contributed by atoms with van der Waals surface area (Å²) in [4.78, 5) is 5.32. The second-order valence-corrected chi connectivity index (χ2v) is 22.8. The average Bonchev–Trinajstić information content (AvgIpc) is 3.69. The molecule has 0 spiro atoms. The van der Waals surface area contributed by atoms with E-state index in [0.29, 0.717) is 0 Å². The van der Waals surface area contributed by atoms with Crippen molar-refractivity contribution in [3.05, 3.63) is 174 Å². The Kier molecular flexibility index (Phi) is 8.69. The van der Waals surface area contributed by atoms with E-state index in [1.807, 2.05) is 0 Å². The summed E-state index contributed by atoms with van der Waals surface area (Å²) in [6, 6.07) is 57.8. The zero-order chi connectivity index (χ0) is 45.7. The average molecular weight is 859 g/mol. The van der Waals surface area contributed by atoms with Gasteiger partial charge in [0, 0.05) is 38.7 Å². The van der Waals surface area contributed by atoms with Crippen LogP contribution in [0, 0.1) is 0 Å². The van der Waals surface area contributed by atoms with Crippen molar-refractivity contribution in [1.29, 1.82) is 0 Å². The van der Waals surface area contributed by atoms with Crippen LogP contribution in [0.3, 0.4) is 0 Å². The largest absolute Gasteiger partial charge is 0.454 e. The van der Waals surface area contributed by atoms with Gasteiger partial charge in [-0.2, -0.15) is 0 Å². The Labute approximate surface area is 391 Å². The first-order valence-electron chi connectivity index (χ1n) is 24.1. The van der Waals surface area contributed by atoms with Gasteiger partial charge in [-0.1, -0.05) is 172 Å². The maximum absolute atomic E-state index is 7.22. The quantitative estimate of drug-likeness (QED) is 0.165. The van der Waals surface area contributed by atoms with Gasteiger partial charge in [0.15, 0.2) is 5.58 Å². The summed E-state index contributed by atoms with van der Waals surface area (Å²) in [5, 5.41) is 4.71. The van der Waals surface area contributed by atoms with Crippen molar-refractivity contribution in [2.24, 2.45) is 0 Å². The normalized spacial score (nSPS) is 16.1. The Morgan fingerprint density at radius 2 is 1.15 bits per heavy atom. The molecular weight excluding hydrogens is 800 g/mol. The van der Waals surface area contributed by atoms with Gasteiger partial charge in [0.25, 0.3) is 0 Å². The Morgan fingerprint density at radius 1 is 0.515 bits per heavy atom. The number of furan rings is 1. The lowest BCUT2D eigenvalue weighted by molar-refractivity contribution is 0.332. The molecule has 3 nitrogen and oxygen atoms in total. The number of nitrogens with zero attached hydrogens (tertiary/aromatic N) is 2. The van der Waals surface area contributed by atoms with Crippen LogP contribution in [0.1, 0.15) is 104 Å². The highest BCUT2D eigenvalue weighted by Crippen LogP contribution is 2.56. The lowest BCUT2D eigenvalue weighted by Crippen LogP contribution is -2.61. The molecule has 4 heteroatoms. The van der Waals surface area contributed by atoms with E-state index in [1.165, 1.54) is 83.3 Å². The highest BCUT2D eigenvalue weighted by atomic mass is 16.3. The van der Waals surface area contributed by atoms with Crippen LogP contribution in [0.5, 0.6) is 0 Å². The van der Waals surface area contributed by atoms with Crippen molar-refractivity contribution in [3.8, 4) is 22.3 Å². The van der Waals surface area contributed by atoms with Crippen LogP contribution in [0.4, 0.5) is 28.4 Å². The highest BCUT2D eigenvalue weighted by Gasteiger charge is 2.49. The summed E-state index contributed by atoms with van der Waals surface area (Å²) in [6.07, 6.45) is 2.31. The van der Waals surface area contributed by atoms with Crippen molar-refractivity contribution >= 4 is 78.9 Å². The third-order valence-corrected chi connectivity index (χ3v) is 15.6. The third kappa shape index (κ3) is 6.02. The molecule has 0 saturated heterocycles. The van der Waals surface area contributed by atoms with Crippen molar-refractivity contribution in [2.45, 2.75) is 104 Å². The topological polar surface area (TPSA) is 19.6 Å². The molecule has 0 atom stereocenters. The summed E-state index contributed by atoms with van der Waals surface area (Å²) < 4.78 is 7.22. The second-order valence-electron chi connectivity index (χ2n) is 22.8. The Morgan fingerprint density at radius 3 is 1.86 bits per heavy atom. The zero-order valence-electron chi connectivity index (χ0n) is 40.2. The molecule has 0 amide bonds. The minimum Gasteiger partial charge on any atom is -0.454 e. The first-order chi connectivity index (χ1) is 31.5. The van der Waals surface area contributed by atoms with Crippen molar-refractivity contribution in [2.75, 3.05) is 9.71 Å². The standard InChI is InChI=1S/C62H59BN2O/c1-59(2,3)40-24-27-42(28-25-40)65-53-37-50-49(61(7,8)32-33-62(50,9)10)36-47(53)48-34-39-20-14-15-21-43(39)56-55(48)63(65)51-30-29-45-44-22-16-17-23-54(44)66-58(45)57(51)64(56)52-31-26-41(60(4,5)6)35-46(52)38-18-12-11-13-19-38/h11-31,34-37H,32-33H2,1-10H3. The predicted octanol–water partition coefficient (Wildman–Crippen LogP) is 16.1. The number of fused-ring (bicyclic) bond motifs is 11. The van der Waals surface area contributed by atoms with Crippen molar-refractivity contribution in [1.82, 2.24) is 0 Å². The molecule has 2 aliphatic heterocycles. The second kappa shape index (κ2) is 14.0. The van der Waals surface area contributed by atoms with Gasteiger partial charge in [-0.05, 0) is 133 Å². The SMILES string of the molecule is CC(C)(C)c1ccc(N2B3c4ccc5c(oc6ccccc65)c4N(c4ccc(C(C)(C)C)cc4-c4ccccc4)c4c3c(cc3ccccc43)-c3cc4c(cc32)C(C)(C)CCC4(C)C)cc1. The maximum Gasteiger partial charge on any atom is 0.333 e. The molecule has 0 unspecified atom stereocenters. The van der Waals surface area contributed by atoms with Crippen molar-refractivity contribution in [3.63, 3.8) is 0 Å². The molecule has 1 aromatic heterocycles. The molecule has 3 heterocycles. The number of para-hydroxylation sites is 1. The van der Waals surface area contributed by atoms with E-state index < -0.39 is 0 Å². The van der Waals surface area contributed by atoms with Crippen molar-refractivity contribution < 1.29 is 4.42 Å². The van der Waals surface area contributed by atoms with Gasteiger partial charge in [0.1, 0.15) is 5.58 Å². The van der Waals surface area contributed by atoms with E-state index >= 15 is 0 Å². The summed E-state index contributed by atoms with van der Waals surface area (Å²) in [5.41, 5.74) is 20.9. The van der Waals surface area contributed by atoms with Crippen LogP contribution in [-0.2, 0) is 21.7 Å². The van der Waals surface area contributed by atoms with E-state index in [2.05, 4.69) is 231 Å². The van der Waals surface area contributed by atoms with Crippen LogP contribution < -0.4 is 20.6 Å². The maximum atomic E-state index is 7.22. The van der Waals surface area contributed by atoms with E-state index in [1.54, 1.807) is 0 Å². The van der Waals surface area contributed by atoms with E-state index in [9.17, 15) is 0 Å². The summed E-state index contributed by atoms with van der Waals surface area (Å²) in [7, 11) is 0. The molecule has 3 aliphatic rings. The molecule has 0 radical (unpaired) electrons. The molecule has 0 N–H and O–H groups in total. The van der Waals surface area contributed by atoms with Gasteiger partial charge in [-0.25, -0.2) is 0 Å². The minimum absolute atomic E-state index is 0.0234. The number of anilines is 5. The molecule has 66 heavy (non-hydrogen) atoms. The minimum atomic E-state index is -0.164. The number of hydrogen-bond acceptors (Lipinski definition) is 3. The van der Waals surface area contributed by atoms with Gasteiger partial charge in [0.05, 0.1) is 17.1 Å². The molecule has 8 aromatic carbocycles. The first kappa shape index (κ1) is 41.0. The van der Waals surface area contributed by atoms with Gasteiger partial charge < -0.3 is 14.1 Å². The van der Waals surface area contributed by atoms with E-state index in [0.717, 1.165) is 46.2 Å². The molecule has 0 fully saturated rings. The van der Waals surface area contributed by atoms with Gasteiger partial charge in [-0.3, -0.25) is 0 Å². The van der Waals surface area contributed by atoms with Gasteiger partial charge >= 0.3 is 6.85 Å². The summed E-state index contributed by atoms with van der Waals surface area (Å²) >= 11 is 0. The monoisotopic (exact) mass is 858 g/mol. The molecule has 0 saturated carbocycles. The fraction of sp³-hybridized carbons (Fsp3) is 0.258. The van der Waals surface area contributed by atoms with E-state index in [4.69, 9.17) is 4.42 Å². The molecule has 326 valence electrons. The Balaban J connectivity index is 1.28. The van der Waals surface area contributed by atoms with Crippen LogP contribution in [-0.4, -0.2) is 6.85 Å². The number of benzene rings is 8. The van der Waals surface area contributed by atoms with E-state index in [-0.39, 0.29) is 28.5 Å². The predicted molar refractivity (Wildman–Crippen MR) is 283 cm³/mol. The Bertz CT molecular complexity index is 3450. The van der Waals surface area contributed by atoms with Gasteiger partial charge in [-0.15, -0.1) is 0 Å². The lowest BCUT2D eigenvalue weighted by Gasteiger charge is -2.48. The molecule has 0 bridgehead atoms. The Hall–Kier alpha value is -6.52. The fourth-order valence-electron chi connectivity index (χ4n) is 11.7. The lowest BCUT2D eigenvalue weighted by atomic mass is 9.43. The van der Waals surface area contributed by atoms with Gasteiger partial charge in [0.2, 0.25) is 0 Å². The molecular formula is C62H59BN2O. The summed E-state index contributed by atoms with van der Waals surface area (Å²) in [5.74, 6) is 0. The molecule has 1 aliphatic carbocycles. The number of hydrogen-bond donors (Lipinski definition) is 0. The molecule has 9 aromatic rings. The smallest absolute Gasteiger partial charge is 0.333 e. The van der Waals surface area contributed by atoms with Crippen LogP contribution in [0.25, 0.3) is 55.0 Å².